The lowest BCUT2D eigenvalue weighted by Crippen LogP contribution is -2.37. The molecule has 0 unspecified atom stereocenters. The third kappa shape index (κ3) is 3.10. The van der Waals surface area contributed by atoms with Crippen molar-refractivity contribution in [2.45, 2.75) is 47.1 Å². The highest BCUT2D eigenvalue weighted by Gasteiger charge is 2.22. The predicted octanol–water partition coefficient (Wildman–Crippen LogP) is 3.65. The van der Waals surface area contributed by atoms with Gasteiger partial charge in [-0.2, -0.15) is 0 Å². The van der Waals surface area contributed by atoms with Gasteiger partial charge >= 0.3 is 0 Å². The first-order chi connectivity index (χ1) is 7.99. The van der Waals surface area contributed by atoms with Gasteiger partial charge in [-0.25, -0.2) is 0 Å². The normalized spacial score (nSPS) is 16.9. The molecule has 0 spiro atoms. The molecule has 94 valence electrons. The lowest BCUT2D eigenvalue weighted by atomic mass is 9.90. The molecule has 0 aliphatic carbocycles. The Morgan fingerprint density at radius 2 is 2.00 bits per heavy atom. The minimum Gasteiger partial charge on any atom is -0.298 e. The molecule has 1 heterocycles. The van der Waals surface area contributed by atoms with E-state index in [9.17, 15) is 0 Å². The SMILES string of the molecule is CCc1cccc2c1CCN(CC(C)(C)C)C2. The van der Waals surface area contributed by atoms with E-state index in [1.54, 1.807) is 16.7 Å². The van der Waals surface area contributed by atoms with E-state index < -0.39 is 0 Å². The molecule has 1 aromatic carbocycles. The average molecular weight is 231 g/mol. The van der Waals surface area contributed by atoms with Gasteiger partial charge in [0.15, 0.2) is 0 Å². The van der Waals surface area contributed by atoms with E-state index >= 15 is 0 Å². The van der Waals surface area contributed by atoms with Gasteiger partial charge in [0.25, 0.3) is 0 Å². The van der Waals surface area contributed by atoms with Crippen molar-refractivity contribution in [1.29, 1.82) is 0 Å². The van der Waals surface area contributed by atoms with Gasteiger partial charge in [0.1, 0.15) is 0 Å². The monoisotopic (exact) mass is 231 g/mol. The molecule has 0 saturated carbocycles. The fourth-order valence-corrected chi connectivity index (χ4v) is 2.88. The van der Waals surface area contributed by atoms with Crippen LogP contribution in [0.1, 0.15) is 44.4 Å². The number of fused-ring (bicyclic) bond motifs is 1. The zero-order chi connectivity index (χ0) is 12.5. The molecule has 1 aliphatic rings. The first kappa shape index (κ1) is 12.6. The summed E-state index contributed by atoms with van der Waals surface area (Å²) in [5.41, 5.74) is 5.14. The third-order valence-electron chi connectivity index (χ3n) is 3.52. The molecule has 0 amide bonds. The van der Waals surface area contributed by atoms with Gasteiger partial charge in [-0.05, 0) is 34.9 Å². The largest absolute Gasteiger partial charge is 0.298 e. The number of aryl methyl sites for hydroxylation is 1. The Labute approximate surface area is 106 Å². The van der Waals surface area contributed by atoms with E-state index in [-0.39, 0.29) is 0 Å². The first-order valence-corrected chi connectivity index (χ1v) is 6.81. The van der Waals surface area contributed by atoms with Crippen molar-refractivity contribution in [1.82, 2.24) is 4.90 Å². The molecule has 0 N–H and O–H groups in total. The Kier molecular flexibility index (Phi) is 3.58. The summed E-state index contributed by atoms with van der Waals surface area (Å²) in [6.07, 6.45) is 2.40. The quantitative estimate of drug-likeness (QED) is 0.751. The second-order valence-electron chi connectivity index (χ2n) is 6.43. The molecule has 17 heavy (non-hydrogen) atoms. The lowest BCUT2D eigenvalue weighted by molar-refractivity contribution is 0.176. The van der Waals surface area contributed by atoms with E-state index in [1.807, 2.05) is 0 Å². The summed E-state index contributed by atoms with van der Waals surface area (Å²) in [6.45, 7) is 12.8. The molecular formula is C16H25N. The van der Waals surface area contributed by atoms with Crippen LogP contribution in [-0.2, 0) is 19.4 Å². The minimum atomic E-state index is 0.403. The fraction of sp³-hybridized carbons (Fsp3) is 0.625. The molecule has 0 bridgehead atoms. The Hall–Kier alpha value is -0.820. The molecular weight excluding hydrogens is 206 g/mol. The van der Waals surface area contributed by atoms with Crippen LogP contribution >= 0.6 is 0 Å². The minimum absolute atomic E-state index is 0.403. The molecule has 1 heteroatoms. The van der Waals surface area contributed by atoms with Gasteiger partial charge < -0.3 is 0 Å². The smallest absolute Gasteiger partial charge is 0.0236 e. The highest BCUT2D eigenvalue weighted by molar-refractivity contribution is 5.37. The fourth-order valence-electron chi connectivity index (χ4n) is 2.88. The second kappa shape index (κ2) is 4.81. The molecule has 0 atom stereocenters. The van der Waals surface area contributed by atoms with E-state index in [4.69, 9.17) is 0 Å². The number of nitrogens with zero attached hydrogens (tertiary/aromatic N) is 1. The van der Waals surface area contributed by atoms with E-state index in [0.29, 0.717) is 5.41 Å². The van der Waals surface area contributed by atoms with Crippen molar-refractivity contribution in [3.8, 4) is 0 Å². The first-order valence-electron chi connectivity index (χ1n) is 6.81. The second-order valence-corrected chi connectivity index (χ2v) is 6.43. The maximum absolute atomic E-state index is 2.60. The summed E-state index contributed by atoms with van der Waals surface area (Å²) in [6, 6.07) is 6.82. The molecule has 0 aromatic heterocycles. The standard InChI is InChI=1S/C16H25N/c1-5-13-7-6-8-14-11-17(10-9-15(13)14)12-16(2,3)4/h6-8H,5,9-12H2,1-4H3. The van der Waals surface area contributed by atoms with Crippen LogP contribution in [0.3, 0.4) is 0 Å². The topological polar surface area (TPSA) is 3.24 Å². The number of rotatable bonds is 2. The van der Waals surface area contributed by atoms with Gasteiger partial charge in [0, 0.05) is 19.6 Å². The summed E-state index contributed by atoms with van der Waals surface area (Å²) in [5, 5.41) is 0. The van der Waals surface area contributed by atoms with Crippen LogP contribution in [0, 0.1) is 5.41 Å². The summed E-state index contributed by atoms with van der Waals surface area (Å²) in [5.74, 6) is 0. The maximum atomic E-state index is 2.60. The number of benzene rings is 1. The zero-order valence-electron chi connectivity index (χ0n) is 11.7. The van der Waals surface area contributed by atoms with Crippen LogP contribution in [0.25, 0.3) is 0 Å². The molecule has 0 radical (unpaired) electrons. The molecule has 1 nitrogen and oxygen atoms in total. The van der Waals surface area contributed by atoms with Gasteiger partial charge in [0.2, 0.25) is 0 Å². The molecule has 1 aliphatic heterocycles. The third-order valence-corrected chi connectivity index (χ3v) is 3.52. The van der Waals surface area contributed by atoms with Crippen LogP contribution < -0.4 is 0 Å². The van der Waals surface area contributed by atoms with Crippen molar-refractivity contribution in [3.63, 3.8) is 0 Å². The summed E-state index contributed by atoms with van der Waals surface area (Å²) in [4.78, 5) is 2.60. The Morgan fingerprint density at radius 3 is 2.65 bits per heavy atom. The van der Waals surface area contributed by atoms with Crippen molar-refractivity contribution in [3.05, 3.63) is 34.9 Å². The van der Waals surface area contributed by atoms with Crippen LogP contribution in [-0.4, -0.2) is 18.0 Å². The van der Waals surface area contributed by atoms with Crippen LogP contribution in [0.5, 0.6) is 0 Å². The van der Waals surface area contributed by atoms with Gasteiger partial charge in [-0.1, -0.05) is 45.9 Å². The van der Waals surface area contributed by atoms with Crippen molar-refractivity contribution in [2.24, 2.45) is 5.41 Å². The highest BCUT2D eigenvalue weighted by Crippen LogP contribution is 2.25. The Bertz CT molecular complexity index is 387. The van der Waals surface area contributed by atoms with Crippen LogP contribution in [0.2, 0.25) is 0 Å². The number of hydrogen-bond acceptors (Lipinski definition) is 1. The lowest BCUT2D eigenvalue weighted by Gasteiger charge is -2.34. The predicted molar refractivity (Wildman–Crippen MR) is 74.3 cm³/mol. The van der Waals surface area contributed by atoms with Gasteiger partial charge in [-0.15, -0.1) is 0 Å². The Balaban J connectivity index is 2.14. The van der Waals surface area contributed by atoms with E-state index in [2.05, 4.69) is 50.8 Å². The molecule has 0 saturated heterocycles. The molecule has 0 fully saturated rings. The van der Waals surface area contributed by atoms with Crippen LogP contribution in [0.15, 0.2) is 18.2 Å². The van der Waals surface area contributed by atoms with Crippen molar-refractivity contribution in [2.75, 3.05) is 13.1 Å². The van der Waals surface area contributed by atoms with E-state index in [0.717, 1.165) is 6.54 Å². The highest BCUT2D eigenvalue weighted by atomic mass is 15.1. The van der Waals surface area contributed by atoms with E-state index in [1.165, 1.54) is 25.9 Å². The van der Waals surface area contributed by atoms with Gasteiger partial charge in [0.05, 0.1) is 0 Å². The molecule has 2 rings (SSSR count). The maximum Gasteiger partial charge on any atom is 0.0236 e. The van der Waals surface area contributed by atoms with Crippen molar-refractivity contribution >= 4 is 0 Å². The number of hydrogen-bond donors (Lipinski definition) is 0. The van der Waals surface area contributed by atoms with Gasteiger partial charge in [-0.3, -0.25) is 4.90 Å². The molecule has 1 aromatic rings. The summed E-state index contributed by atoms with van der Waals surface area (Å²) in [7, 11) is 0. The van der Waals surface area contributed by atoms with Crippen LogP contribution in [0.4, 0.5) is 0 Å². The summed E-state index contributed by atoms with van der Waals surface area (Å²) < 4.78 is 0. The Morgan fingerprint density at radius 1 is 1.24 bits per heavy atom. The average Bonchev–Trinajstić information content (AvgIpc) is 2.25. The zero-order valence-corrected chi connectivity index (χ0v) is 11.7. The summed E-state index contributed by atoms with van der Waals surface area (Å²) >= 11 is 0. The van der Waals surface area contributed by atoms with Crippen molar-refractivity contribution < 1.29 is 0 Å².